The van der Waals surface area contributed by atoms with E-state index < -0.39 is 10.8 Å². The summed E-state index contributed by atoms with van der Waals surface area (Å²) in [4.78, 5) is 31.0. The normalized spacial score (nSPS) is 16.3. The van der Waals surface area contributed by atoms with Crippen LogP contribution in [0.25, 0.3) is 0 Å². The molecule has 0 radical (unpaired) electrons. The third kappa shape index (κ3) is 5.96. The Bertz CT molecular complexity index is 1720. The highest BCUT2D eigenvalue weighted by atomic mass is 32.2. The zero-order chi connectivity index (χ0) is 32.6. The molecular weight excluding hydrogens is 615 g/mol. The van der Waals surface area contributed by atoms with Crippen LogP contribution in [0, 0.1) is 0 Å². The van der Waals surface area contributed by atoms with Gasteiger partial charge in [0, 0.05) is 66.2 Å². The Hall–Kier alpha value is -4.02. The molecule has 0 saturated heterocycles. The molecule has 46 heavy (non-hydrogen) atoms. The van der Waals surface area contributed by atoms with Crippen LogP contribution in [0.3, 0.4) is 0 Å². The molecule has 8 nitrogen and oxygen atoms in total. The maximum absolute atomic E-state index is 14.7. The number of carbonyl (C=O) groups excluding carboxylic acids is 1. The van der Waals surface area contributed by atoms with Crippen molar-refractivity contribution in [1.82, 2.24) is 4.98 Å². The van der Waals surface area contributed by atoms with Crippen molar-refractivity contribution in [2.24, 2.45) is 4.99 Å². The highest BCUT2D eigenvalue weighted by molar-refractivity contribution is 8.16. The van der Waals surface area contributed by atoms with Gasteiger partial charge in [0.15, 0.2) is 11.5 Å². The van der Waals surface area contributed by atoms with E-state index in [1.54, 1.807) is 22.7 Å². The van der Waals surface area contributed by atoms with Crippen molar-refractivity contribution in [3.8, 4) is 17.2 Å². The number of carbonyl (C=O) groups is 1. The van der Waals surface area contributed by atoms with Crippen LogP contribution in [0.2, 0.25) is 0 Å². The first-order valence-corrected chi connectivity index (χ1v) is 17.6. The average Bonchev–Trinajstić information content (AvgIpc) is 3.65. The fourth-order valence-corrected chi connectivity index (χ4v) is 8.15. The lowest BCUT2D eigenvalue weighted by molar-refractivity contribution is -0.119. The highest BCUT2D eigenvalue weighted by Gasteiger charge is 2.47. The minimum atomic E-state index is -0.637. The molecule has 6 rings (SSSR count). The van der Waals surface area contributed by atoms with Gasteiger partial charge in [0.1, 0.15) is 21.8 Å². The number of benzene rings is 3. The summed E-state index contributed by atoms with van der Waals surface area (Å²) in [7, 11) is 0. The second-order valence-electron chi connectivity index (χ2n) is 11.9. The van der Waals surface area contributed by atoms with E-state index in [4.69, 9.17) is 14.7 Å². The molecule has 3 heterocycles. The first-order chi connectivity index (χ1) is 22.2. The molecule has 0 saturated carbocycles. The number of amides is 1. The van der Waals surface area contributed by atoms with E-state index >= 15 is 0 Å². The van der Waals surface area contributed by atoms with E-state index in [9.17, 15) is 9.90 Å². The van der Waals surface area contributed by atoms with Crippen LogP contribution in [-0.2, 0) is 11.2 Å². The Kier molecular flexibility index (Phi) is 9.03. The molecule has 4 aromatic rings. The van der Waals surface area contributed by atoms with E-state index in [0.717, 1.165) is 58.9 Å². The summed E-state index contributed by atoms with van der Waals surface area (Å²) in [6.45, 7) is 16.2. The van der Waals surface area contributed by atoms with Crippen molar-refractivity contribution >= 4 is 56.8 Å². The average molecular weight is 656 g/mol. The number of hydrogen-bond acceptors (Lipinski definition) is 9. The quantitative estimate of drug-likeness (QED) is 0.184. The highest BCUT2D eigenvalue weighted by Crippen LogP contribution is 2.51. The standard InChI is InChI=1S/C36H41N5O3S2/c1-7-39(8-2)25-15-17-27-30(20-25)44-31-21-26(40(9-3)10-4)16-18-28(31)41(27)35(43)32-36(5,6)46-34(38-32)33-37-24(22-45-33)19-23-13-11-12-14-29(23)42/h11-18,20-22,32,42H,7-10,19H2,1-6H3. The summed E-state index contributed by atoms with van der Waals surface area (Å²) in [5.74, 6) is 1.47. The molecular formula is C36H41N5O3S2. The van der Waals surface area contributed by atoms with Crippen molar-refractivity contribution in [2.45, 2.75) is 58.8 Å². The molecule has 2 aliphatic heterocycles. The third-order valence-corrected chi connectivity index (χ3v) is 10.9. The van der Waals surface area contributed by atoms with Crippen LogP contribution in [0.4, 0.5) is 22.7 Å². The molecule has 0 fully saturated rings. The van der Waals surface area contributed by atoms with Gasteiger partial charge in [0.05, 0.1) is 17.1 Å². The predicted molar refractivity (Wildman–Crippen MR) is 192 cm³/mol. The largest absolute Gasteiger partial charge is 0.508 e. The van der Waals surface area contributed by atoms with E-state index in [0.29, 0.717) is 29.3 Å². The number of hydrogen-bond donors (Lipinski definition) is 1. The molecule has 1 amide bonds. The van der Waals surface area contributed by atoms with Crippen LogP contribution < -0.4 is 19.4 Å². The number of thiazole rings is 1. The second-order valence-corrected chi connectivity index (χ2v) is 14.4. The van der Waals surface area contributed by atoms with Crippen LogP contribution in [0.15, 0.2) is 71.0 Å². The van der Waals surface area contributed by atoms with Gasteiger partial charge in [-0.15, -0.1) is 11.3 Å². The Labute approximate surface area is 279 Å². The lowest BCUT2D eigenvalue weighted by Gasteiger charge is -2.36. The number of phenolic OH excluding ortho intramolecular Hbond substituents is 1. The molecule has 1 unspecified atom stereocenters. The minimum absolute atomic E-state index is 0.101. The predicted octanol–water partition coefficient (Wildman–Crippen LogP) is 8.24. The van der Waals surface area contributed by atoms with Gasteiger partial charge in [-0.05, 0) is 77.4 Å². The summed E-state index contributed by atoms with van der Waals surface area (Å²) in [6, 6.07) is 18.9. The van der Waals surface area contributed by atoms with Crippen molar-refractivity contribution in [1.29, 1.82) is 0 Å². The number of ether oxygens (including phenoxy) is 1. The third-order valence-electron chi connectivity index (χ3n) is 8.66. The van der Waals surface area contributed by atoms with Crippen LogP contribution in [-0.4, -0.2) is 58.0 Å². The van der Waals surface area contributed by atoms with Gasteiger partial charge in [-0.2, -0.15) is 0 Å². The molecule has 2 aliphatic rings. The molecule has 1 N–H and O–H groups in total. The summed E-state index contributed by atoms with van der Waals surface area (Å²) in [5, 5.41) is 13.8. The van der Waals surface area contributed by atoms with Crippen molar-refractivity contribution in [2.75, 3.05) is 40.9 Å². The zero-order valence-corrected chi connectivity index (χ0v) is 28.9. The number of aromatic nitrogens is 1. The minimum Gasteiger partial charge on any atom is -0.508 e. The van der Waals surface area contributed by atoms with E-state index in [2.05, 4.69) is 63.5 Å². The zero-order valence-electron chi connectivity index (χ0n) is 27.3. The molecule has 3 aromatic carbocycles. The lowest BCUT2D eigenvalue weighted by atomic mass is 10.0. The van der Waals surface area contributed by atoms with Gasteiger partial charge in [-0.25, -0.2) is 4.98 Å². The van der Waals surface area contributed by atoms with Crippen molar-refractivity contribution in [3.63, 3.8) is 0 Å². The van der Waals surface area contributed by atoms with Gasteiger partial charge >= 0.3 is 0 Å². The maximum Gasteiger partial charge on any atom is 0.258 e. The Morgan fingerprint density at radius 3 is 2.07 bits per heavy atom. The molecule has 240 valence electrons. The molecule has 1 atom stereocenters. The Balaban J connectivity index is 1.37. The monoisotopic (exact) mass is 655 g/mol. The SMILES string of the molecule is CCN(CC)c1ccc2c(c1)Oc1cc(N(CC)CC)ccc1N2C(=O)C1N=C(c2nc(Cc3ccccc3O)cs2)SC1(C)C. The number of rotatable bonds is 10. The number of fused-ring (bicyclic) bond motifs is 2. The maximum atomic E-state index is 14.7. The van der Waals surface area contributed by atoms with Gasteiger partial charge < -0.3 is 19.6 Å². The number of aromatic hydroxyl groups is 1. The number of nitrogens with zero attached hydrogens (tertiary/aromatic N) is 5. The van der Waals surface area contributed by atoms with E-state index in [1.165, 1.54) is 11.3 Å². The summed E-state index contributed by atoms with van der Waals surface area (Å²) in [6.07, 6.45) is 0.527. The number of phenols is 1. The van der Waals surface area contributed by atoms with Crippen LogP contribution in [0.5, 0.6) is 17.2 Å². The van der Waals surface area contributed by atoms with E-state index in [-0.39, 0.29) is 11.7 Å². The van der Waals surface area contributed by atoms with Crippen molar-refractivity contribution < 1.29 is 14.6 Å². The van der Waals surface area contributed by atoms with Crippen LogP contribution in [0.1, 0.15) is 57.8 Å². The summed E-state index contributed by atoms with van der Waals surface area (Å²) >= 11 is 3.11. The Morgan fingerprint density at radius 2 is 1.50 bits per heavy atom. The van der Waals surface area contributed by atoms with Gasteiger partial charge in [-0.1, -0.05) is 30.0 Å². The first-order valence-electron chi connectivity index (χ1n) is 16.0. The fourth-order valence-electron chi connectivity index (χ4n) is 6.11. The smallest absolute Gasteiger partial charge is 0.258 e. The molecule has 0 spiro atoms. The molecule has 10 heteroatoms. The van der Waals surface area contributed by atoms with Gasteiger partial charge in [0.2, 0.25) is 0 Å². The van der Waals surface area contributed by atoms with Crippen molar-refractivity contribution in [3.05, 3.63) is 82.3 Å². The topological polar surface area (TPSA) is 81.5 Å². The number of aliphatic imine (C=N–C) groups is 1. The number of para-hydroxylation sites is 1. The molecule has 1 aromatic heterocycles. The second kappa shape index (κ2) is 13.0. The summed E-state index contributed by atoms with van der Waals surface area (Å²) < 4.78 is 6.07. The van der Waals surface area contributed by atoms with Gasteiger partial charge in [-0.3, -0.25) is 14.7 Å². The summed E-state index contributed by atoms with van der Waals surface area (Å²) in [5.41, 5.74) is 5.23. The van der Waals surface area contributed by atoms with E-state index in [1.807, 2.05) is 47.8 Å². The number of anilines is 4. The van der Waals surface area contributed by atoms with Gasteiger partial charge in [0.25, 0.3) is 5.91 Å². The Morgan fingerprint density at radius 1 is 0.913 bits per heavy atom. The molecule has 0 bridgehead atoms. The fraction of sp³-hybridized carbons (Fsp3) is 0.361. The number of thioether (sulfide) groups is 1. The molecule has 0 aliphatic carbocycles. The van der Waals surface area contributed by atoms with Crippen LogP contribution >= 0.6 is 23.1 Å². The lowest BCUT2D eigenvalue weighted by Crippen LogP contribution is -2.44. The first kappa shape index (κ1) is 31.9.